The minimum absolute atomic E-state index is 0.0363. The normalized spacial score (nSPS) is 11.0. The Kier molecular flexibility index (Phi) is 4.59. The van der Waals surface area contributed by atoms with Crippen LogP contribution in [0.4, 0.5) is 0 Å². The monoisotopic (exact) mass is 360 g/mol. The van der Waals surface area contributed by atoms with Gasteiger partial charge in [0.1, 0.15) is 5.69 Å². The highest BCUT2D eigenvalue weighted by Gasteiger charge is 2.17. The fourth-order valence-electron chi connectivity index (χ4n) is 3.16. The zero-order valence-electron chi connectivity index (χ0n) is 14.6. The van der Waals surface area contributed by atoms with Gasteiger partial charge in [-0.15, -0.1) is 11.3 Å². The lowest BCUT2D eigenvalue weighted by atomic mass is 10.2. The lowest BCUT2D eigenvalue weighted by molar-refractivity contribution is 0.0942. The van der Waals surface area contributed by atoms with Crippen LogP contribution in [0.3, 0.4) is 0 Å². The van der Waals surface area contributed by atoms with Gasteiger partial charge in [-0.2, -0.15) is 0 Å². The van der Waals surface area contributed by atoms with Gasteiger partial charge >= 0.3 is 0 Å². The van der Waals surface area contributed by atoms with Crippen molar-refractivity contribution in [2.45, 2.75) is 20.0 Å². The fourth-order valence-corrected chi connectivity index (χ4v) is 4.12. The molecule has 4 heteroatoms. The predicted molar refractivity (Wildman–Crippen MR) is 108 cm³/mol. The first kappa shape index (κ1) is 16.6. The lowest BCUT2D eigenvalue weighted by Crippen LogP contribution is -2.25. The molecule has 0 bridgehead atoms. The number of nitrogens with one attached hydrogen (secondary N) is 1. The van der Waals surface area contributed by atoms with Crippen LogP contribution in [0.25, 0.3) is 10.2 Å². The molecule has 4 aromatic rings. The lowest BCUT2D eigenvalue weighted by Gasteiger charge is -2.11. The van der Waals surface area contributed by atoms with E-state index in [4.69, 9.17) is 0 Å². The molecule has 3 nitrogen and oxygen atoms in total. The Balaban J connectivity index is 1.64. The van der Waals surface area contributed by atoms with Crippen molar-refractivity contribution in [3.63, 3.8) is 0 Å². The zero-order chi connectivity index (χ0) is 17.9. The van der Waals surface area contributed by atoms with Crippen molar-refractivity contribution in [2.75, 3.05) is 0 Å². The van der Waals surface area contributed by atoms with Crippen LogP contribution >= 0.6 is 11.3 Å². The van der Waals surface area contributed by atoms with Gasteiger partial charge in [0.25, 0.3) is 5.91 Å². The first-order valence-corrected chi connectivity index (χ1v) is 9.48. The largest absolute Gasteiger partial charge is 0.347 e. The second-order valence-corrected chi connectivity index (χ2v) is 7.66. The van der Waals surface area contributed by atoms with Crippen molar-refractivity contribution in [1.82, 2.24) is 9.88 Å². The van der Waals surface area contributed by atoms with Gasteiger partial charge in [-0.3, -0.25) is 4.79 Å². The van der Waals surface area contributed by atoms with E-state index in [0.717, 1.165) is 15.8 Å². The van der Waals surface area contributed by atoms with Crippen LogP contribution in [0.2, 0.25) is 0 Å². The van der Waals surface area contributed by atoms with E-state index in [2.05, 4.69) is 35.0 Å². The molecule has 1 amide bonds. The molecule has 0 saturated carbocycles. The quantitative estimate of drug-likeness (QED) is 0.534. The third kappa shape index (κ3) is 3.41. The van der Waals surface area contributed by atoms with Gasteiger partial charge in [-0.1, -0.05) is 60.7 Å². The van der Waals surface area contributed by atoms with Gasteiger partial charge in [-0.05, 0) is 30.2 Å². The Morgan fingerprint density at radius 2 is 1.62 bits per heavy atom. The molecule has 1 N–H and O–H groups in total. The van der Waals surface area contributed by atoms with Gasteiger partial charge in [-0.25, -0.2) is 0 Å². The molecular weight excluding hydrogens is 340 g/mol. The number of hydrogen-bond acceptors (Lipinski definition) is 2. The Hall–Kier alpha value is -2.85. The van der Waals surface area contributed by atoms with Crippen LogP contribution in [0.1, 0.15) is 26.5 Å². The highest BCUT2D eigenvalue weighted by Crippen LogP contribution is 2.29. The molecule has 0 fully saturated rings. The molecule has 130 valence electrons. The Labute approximate surface area is 156 Å². The standard InChI is InChI=1S/C22H20N2OS/c1-16-12-19-21(26-16)13-20(24(19)15-18-10-6-3-7-11-18)22(25)23-14-17-8-4-2-5-9-17/h2-13H,14-15H2,1H3,(H,23,25). The highest BCUT2D eigenvalue weighted by molar-refractivity contribution is 7.19. The van der Waals surface area contributed by atoms with E-state index in [1.807, 2.05) is 54.6 Å². The van der Waals surface area contributed by atoms with E-state index >= 15 is 0 Å². The topological polar surface area (TPSA) is 34.0 Å². The zero-order valence-corrected chi connectivity index (χ0v) is 15.4. The van der Waals surface area contributed by atoms with Gasteiger partial charge in [0, 0.05) is 18.0 Å². The van der Waals surface area contributed by atoms with Crippen molar-refractivity contribution >= 4 is 27.5 Å². The Morgan fingerprint density at radius 3 is 2.31 bits per heavy atom. The van der Waals surface area contributed by atoms with Crippen LogP contribution in [0, 0.1) is 6.92 Å². The minimum atomic E-state index is -0.0363. The molecule has 0 atom stereocenters. The van der Waals surface area contributed by atoms with Gasteiger partial charge in [0.05, 0.1) is 10.2 Å². The predicted octanol–water partition coefficient (Wildman–Crippen LogP) is 4.99. The average Bonchev–Trinajstić information content (AvgIpc) is 3.19. The van der Waals surface area contributed by atoms with Gasteiger partial charge in [0.2, 0.25) is 0 Å². The van der Waals surface area contributed by atoms with Crippen LogP contribution in [-0.4, -0.2) is 10.5 Å². The number of carbonyl (C=O) groups is 1. The number of aromatic nitrogens is 1. The number of amides is 1. The molecule has 0 aliphatic carbocycles. The summed E-state index contributed by atoms with van der Waals surface area (Å²) in [5.74, 6) is -0.0363. The van der Waals surface area contributed by atoms with E-state index in [1.54, 1.807) is 11.3 Å². The summed E-state index contributed by atoms with van der Waals surface area (Å²) < 4.78 is 3.28. The van der Waals surface area contributed by atoms with E-state index < -0.39 is 0 Å². The van der Waals surface area contributed by atoms with E-state index in [-0.39, 0.29) is 5.91 Å². The maximum atomic E-state index is 12.9. The molecule has 0 unspecified atom stereocenters. The molecule has 0 aliphatic heterocycles. The molecule has 2 aromatic heterocycles. The summed E-state index contributed by atoms with van der Waals surface area (Å²) in [6.45, 7) is 3.32. The van der Waals surface area contributed by atoms with Crippen LogP contribution in [0.5, 0.6) is 0 Å². The molecule has 2 heterocycles. The van der Waals surface area contributed by atoms with E-state index in [0.29, 0.717) is 18.8 Å². The second-order valence-electron chi connectivity index (χ2n) is 6.38. The number of benzene rings is 2. The van der Waals surface area contributed by atoms with Gasteiger partial charge in [0.15, 0.2) is 0 Å². The number of fused-ring (bicyclic) bond motifs is 1. The summed E-state index contributed by atoms with van der Waals surface area (Å²) in [6, 6.07) is 24.4. The SMILES string of the molecule is Cc1cc2c(cc(C(=O)NCc3ccccc3)n2Cc2ccccc2)s1. The van der Waals surface area contributed by atoms with Crippen LogP contribution in [-0.2, 0) is 13.1 Å². The first-order valence-electron chi connectivity index (χ1n) is 8.66. The fraction of sp³-hybridized carbons (Fsp3) is 0.136. The molecule has 0 aliphatic rings. The maximum Gasteiger partial charge on any atom is 0.268 e. The highest BCUT2D eigenvalue weighted by atomic mass is 32.1. The number of carbonyl (C=O) groups excluding carboxylic acids is 1. The second kappa shape index (κ2) is 7.18. The van der Waals surface area contributed by atoms with Crippen molar-refractivity contribution in [3.05, 3.63) is 94.5 Å². The van der Waals surface area contributed by atoms with E-state index in [1.165, 1.54) is 10.4 Å². The summed E-state index contributed by atoms with van der Waals surface area (Å²) >= 11 is 1.73. The maximum absolute atomic E-state index is 12.9. The molecule has 2 aromatic carbocycles. The van der Waals surface area contributed by atoms with Crippen LogP contribution < -0.4 is 5.32 Å². The summed E-state index contributed by atoms with van der Waals surface area (Å²) in [5, 5.41) is 3.05. The average molecular weight is 360 g/mol. The smallest absolute Gasteiger partial charge is 0.268 e. The number of rotatable bonds is 5. The summed E-state index contributed by atoms with van der Waals surface area (Å²) in [4.78, 5) is 14.1. The molecular formula is C22H20N2OS. The number of nitrogens with zero attached hydrogens (tertiary/aromatic N) is 1. The van der Waals surface area contributed by atoms with Crippen molar-refractivity contribution < 1.29 is 4.79 Å². The van der Waals surface area contributed by atoms with Crippen molar-refractivity contribution in [1.29, 1.82) is 0 Å². The van der Waals surface area contributed by atoms with E-state index in [9.17, 15) is 4.79 Å². The third-order valence-corrected chi connectivity index (χ3v) is 5.41. The molecule has 0 radical (unpaired) electrons. The van der Waals surface area contributed by atoms with Crippen molar-refractivity contribution in [2.24, 2.45) is 0 Å². The summed E-state index contributed by atoms with van der Waals surface area (Å²) in [7, 11) is 0. The molecule has 4 rings (SSSR count). The molecule has 26 heavy (non-hydrogen) atoms. The number of thiophene rings is 1. The Bertz CT molecular complexity index is 1030. The first-order chi connectivity index (χ1) is 12.7. The number of aryl methyl sites for hydroxylation is 1. The molecule has 0 saturated heterocycles. The summed E-state index contributed by atoms with van der Waals surface area (Å²) in [6.07, 6.45) is 0. The summed E-state index contributed by atoms with van der Waals surface area (Å²) in [5.41, 5.74) is 4.12. The van der Waals surface area contributed by atoms with Crippen molar-refractivity contribution in [3.8, 4) is 0 Å². The Morgan fingerprint density at radius 1 is 0.962 bits per heavy atom. The molecule has 0 spiro atoms. The third-order valence-electron chi connectivity index (χ3n) is 4.42. The number of hydrogen-bond donors (Lipinski definition) is 1. The van der Waals surface area contributed by atoms with Gasteiger partial charge < -0.3 is 9.88 Å². The van der Waals surface area contributed by atoms with Crippen LogP contribution in [0.15, 0.2) is 72.8 Å². The minimum Gasteiger partial charge on any atom is -0.347 e.